The van der Waals surface area contributed by atoms with Crippen LogP contribution >= 0.6 is 11.6 Å². The first-order chi connectivity index (χ1) is 10.6. The lowest BCUT2D eigenvalue weighted by atomic mass is 10.1. The highest BCUT2D eigenvalue weighted by atomic mass is 35.5. The van der Waals surface area contributed by atoms with E-state index in [1.807, 2.05) is 24.1 Å². The Balaban J connectivity index is 1.90. The lowest BCUT2D eigenvalue weighted by molar-refractivity contribution is 0.179. The van der Waals surface area contributed by atoms with Gasteiger partial charge < -0.3 is 19.8 Å². The molecule has 22 heavy (non-hydrogen) atoms. The maximum absolute atomic E-state index is 10.2. The number of nitrogens with zero attached hydrogens (tertiary/aromatic N) is 3. The van der Waals surface area contributed by atoms with Crippen molar-refractivity contribution in [1.82, 2.24) is 15.4 Å². The van der Waals surface area contributed by atoms with Gasteiger partial charge in [-0.25, -0.2) is 0 Å². The Morgan fingerprint density at radius 2 is 2.32 bits per heavy atom. The molecular formula is C15H19ClN4O2. The van der Waals surface area contributed by atoms with Gasteiger partial charge in [0, 0.05) is 31.7 Å². The van der Waals surface area contributed by atoms with E-state index in [0.29, 0.717) is 24.1 Å². The molecule has 0 radical (unpaired) electrons. The molecule has 1 atom stereocenters. The van der Waals surface area contributed by atoms with Crippen molar-refractivity contribution in [2.45, 2.75) is 12.6 Å². The summed E-state index contributed by atoms with van der Waals surface area (Å²) in [6, 6.07) is 8.96. The number of nitrogens with one attached hydrogen (secondary N) is 1. The number of hydrogen-bond donors (Lipinski definition) is 2. The Morgan fingerprint density at radius 3 is 2.95 bits per heavy atom. The summed E-state index contributed by atoms with van der Waals surface area (Å²) in [5, 5.41) is 17.8. The van der Waals surface area contributed by atoms with E-state index >= 15 is 0 Å². The molecule has 0 fully saturated rings. The molecule has 7 heteroatoms. The number of rotatable bonds is 5. The number of benzene rings is 1. The summed E-state index contributed by atoms with van der Waals surface area (Å²) in [7, 11) is 3.57. The minimum absolute atomic E-state index is 0.330. The van der Waals surface area contributed by atoms with Crippen molar-refractivity contribution in [2.75, 3.05) is 20.6 Å². The van der Waals surface area contributed by atoms with E-state index in [-0.39, 0.29) is 0 Å². The van der Waals surface area contributed by atoms with Crippen molar-refractivity contribution >= 4 is 17.6 Å². The smallest absolute Gasteiger partial charge is 0.193 e. The van der Waals surface area contributed by atoms with Crippen molar-refractivity contribution < 1.29 is 9.63 Å². The standard InChI is InChI=1S/C15H19ClN4O2/c1-17-15(20(2)10-13-6-7-22-19-13)18-9-14(21)11-4-3-5-12(16)8-11/h3-8,14,21H,9-10H2,1-2H3,(H,17,18). The van der Waals surface area contributed by atoms with Gasteiger partial charge in [0.25, 0.3) is 0 Å². The Labute approximate surface area is 134 Å². The zero-order valence-corrected chi connectivity index (χ0v) is 13.3. The second kappa shape index (κ2) is 7.82. The third-order valence-electron chi connectivity index (χ3n) is 3.15. The van der Waals surface area contributed by atoms with Gasteiger partial charge in [0.2, 0.25) is 0 Å². The zero-order valence-electron chi connectivity index (χ0n) is 12.5. The molecule has 0 aliphatic carbocycles. The molecule has 2 rings (SSSR count). The van der Waals surface area contributed by atoms with Crippen molar-refractivity contribution in [3.63, 3.8) is 0 Å². The zero-order chi connectivity index (χ0) is 15.9. The number of aliphatic imine (C=N–C) groups is 1. The second-order valence-corrected chi connectivity index (χ2v) is 5.28. The van der Waals surface area contributed by atoms with Gasteiger partial charge in [0.15, 0.2) is 5.96 Å². The lowest BCUT2D eigenvalue weighted by Crippen LogP contribution is -2.40. The predicted molar refractivity (Wildman–Crippen MR) is 85.7 cm³/mol. The molecule has 0 spiro atoms. The summed E-state index contributed by atoms with van der Waals surface area (Å²) in [6.07, 6.45) is 0.860. The molecule has 1 heterocycles. The van der Waals surface area contributed by atoms with Crippen LogP contribution in [0.3, 0.4) is 0 Å². The molecule has 0 amide bonds. The lowest BCUT2D eigenvalue weighted by Gasteiger charge is -2.22. The number of aromatic nitrogens is 1. The minimum atomic E-state index is -0.670. The fourth-order valence-electron chi connectivity index (χ4n) is 2.04. The van der Waals surface area contributed by atoms with Crippen LogP contribution in [0.15, 0.2) is 46.1 Å². The molecule has 1 aromatic carbocycles. The first-order valence-electron chi connectivity index (χ1n) is 6.84. The molecule has 0 aliphatic heterocycles. The van der Waals surface area contributed by atoms with Crippen LogP contribution in [-0.4, -0.2) is 41.8 Å². The van der Waals surface area contributed by atoms with Crippen LogP contribution in [0.25, 0.3) is 0 Å². The predicted octanol–water partition coefficient (Wildman–Crippen LogP) is 2.07. The van der Waals surface area contributed by atoms with Crippen LogP contribution in [0.1, 0.15) is 17.4 Å². The average molecular weight is 323 g/mol. The Bertz CT molecular complexity index is 616. The van der Waals surface area contributed by atoms with Gasteiger partial charge in [-0.05, 0) is 17.7 Å². The van der Waals surface area contributed by atoms with Crippen LogP contribution in [-0.2, 0) is 6.54 Å². The largest absolute Gasteiger partial charge is 0.387 e. The van der Waals surface area contributed by atoms with Crippen molar-refractivity contribution in [3.8, 4) is 0 Å². The van der Waals surface area contributed by atoms with E-state index in [1.165, 1.54) is 6.26 Å². The number of aliphatic hydroxyl groups is 1. The first-order valence-corrected chi connectivity index (χ1v) is 7.22. The Hall–Kier alpha value is -2.05. The summed E-state index contributed by atoms with van der Waals surface area (Å²) in [5.41, 5.74) is 1.57. The van der Waals surface area contributed by atoms with Gasteiger partial charge in [-0.2, -0.15) is 0 Å². The average Bonchev–Trinajstić information content (AvgIpc) is 3.00. The Kier molecular flexibility index (Phi) is 5.80. The van der Waals surface area contributed by atoms with Crippen LogP contribution in [0.4, 0.5) is 0 Å². The van der Waals surface area contributed by atoms with Gasteiger partial charge in [-0.1, -0.05) is 28.9 Å². The molecule has 2 aromatic rings. The first kappa shape index (κ1) is 16.3. The number of aliphatic hydroxyl groups excluding tert-OH is 1. The van der Waals surface area contributed by atoms with Gasteiger partial charge in [0.1, 0.15) is 12.0 Å². The van der Waals surface area contributed by atoms with Gasteiger partial charge in [-0.3, -0.25) is 4.99 Å². The minimum Gasteiger partial charge on any atom is -0.387 e. The van der Waals surface area contributed by atoms with E-state index in [2.05, 4.69) is 15.5 Å². The molecule has 0 bridgehead atoms. The number of guanidine groups is 1. The molecule has 0 saturated heterocycles. The molecule has 118 valence electrons. The summed E-state index contributed by atoms with van der Waals surface area (Å²) >= 11 is 5.93. The van der Waals surface area contributed by atoms with E-state index in [9.17, 15) is 5.11 Å². The van der Waals surface area contributed by atoms with Gasteiger partial charge >= 0.3 is 0 Å². The van der Waals surface area contributed by atoms with Crippen LogP contribution < -0.4 is 5.32 Å². The summed E-state index contributed by atoms with van der Waals surface area (Å²) in [5.74, 6) is 0.657. The molecule has 0 saturated carbocycles. The van der Waals surface area contributed by atoms with E-state index in [4.69, 9.17) is 16.1 Å². The third kappa shape index (κ3) is 4.47. The van der Waals surface area contributed by atoms with Crippen LogP contribution in [0.2, 0.25) is 5.02 Å². The normalized spacial score (nSPS) is 13.0. The van der Waals surface area contributed by atoms with Crippen molar-refractivity contribution in [3.05, 3.63) is 52.9 Å². The molecule has 1 aromatic heterocycles. The van der Waals surface area contributed by atoms with E-state index < -0.39 is 6.10 Å². The fourth-order valence-corrected chi connectivity index (χ4v) is 2.24. The van der Waals surface area contributed by atoms with E-state index in [1.54, 1.807) is 25.2 Å². The SMILES string of the molecule is CN=C(NCC(O)c1cccc(Cl)c1)N(C)Cc1ccon1. The highest BCUT2D eigenvalue weighted by Crippen LogP contribution is 2.17. The van der Waals surface area contributed by atoms with Crippen molar-refractivity contribution in [1.29, 1.82) is 0 Å². The molecule has 6 nitrogen and oxygen atoms in total. The summed E-state index contributed by atoms with van der Waals surface area (Å²) in [4.78, 5) is 6.08. The summed E-state index contributed by atoms with van der Waals surface area (Å²) in [6.45, 7) is 0.888. The Morgan fingerprint density at radius 1 is 1.50 bits per heavy atom. The van der Waals surface area contributed by atoms with Crippen LogP contribution in [0, 0.1) is 0 Å². The highest BCUT2D eigenvalue weighted by Gasteiger charge is 2.12. The number of halogens is 1. The molecule has 0 aliphatic rings. The molecule has 2 N–H and O–H groups in total. The van der Waals surface area contributed by atoms with E-state index in [0.717, 1.165) is 11.3 Å². The van der Waals surface area contributed by atoms with Crippen LogP contribution in [0.5, 0.6) is 0 Å². The quantitative estimate of drug-likeness (QED) is 0.651. The number of hydrogen-bond acceptors (Lipinski definition) is 4. The van der Waals surface area contributed by atoms with Gasteiger partial charge in [-0.15, -0.1) is 0 Å². The maximum atomic E-state index is 10.2. The molecular weight excluding hydrogens is 304 g/mol. The third-order valence-corrected chi connectivity index (χ3v) is 3.39. The monoisotopic (exact) mass is 322 g/mol. The van der Waals surface area contributed by atoms with Gasteiger partial charge in [0.05, 0.1) is 12.6 Å². The molecule has 1 unspecified atom stereocenters. The summed E-state index contributed by atoms with van der Waals surface area (Å²) < 4.78 is 4.81. The highest BCUT2D eigenvalue weighted by molar-refractivity contribution is 6.30. The fraction of sp³-hybridized carbons (Fsp3) is 0.333. The van der Waals surface area contributed by atoms with Crippen molar-refractivity contribution in [2.24, 2.45) is 4.99 Å². The topological polar surface area (TPSA) is 73.9 Å². The second-order valence-electron chi connectivity index (χ2n) is 4.85. The maximum Gasteiger partial charge on any atom is 0.193 e.